The second-order valence-electron chi connectivity index (χ2n) is 2.97. The molecule has 0 aromatic rings. The Bertz CT molecular complexity index is 193. The van der Waals surface area contributed by atoms with Crippen LogP contribution in [-0.2, 0) is 9.59 Å². The number of hydrogen-bond acceptors (Lipinski definition) is 2. The molecule has 1 aliphatic rings. The molecule has 3 nitrogen and oxygen atoms in total. The molecule has 2 amide bonds. The van der Waals surface area contributed by atoms with Gasteiger partial charge in [-0.1, -0.05) is 13.8 Å². The van der Waals surface area contributed by atoms with Gasteiger partial charge in [-0.25, -0.2) is 0 Å². The van der Waals surface area contributed by atoms with Crippen molar-refractivity contribution in [2.24, 2.45) is 5.41 Å². The molecule has 1 rings (SSSR count). The fourth-order valence-electron chi connectivity index (χ4n) is 1.04. The van der Waals surface area contributed by atoms with E-state index in [2.05, 4.69) is 5.32 Å². The Balaban J connectivity index is 0.000001000. The van der Waals surface area contributed by atoms with Gasteiger partial charge >= 0.3 is 37.7 Å². The van der Waals surface area contributed by atoms with E-state index in [9.17, 15) is 9.59 Å². The van der Waals surface area contributed by atoms with Crippen LogP contribution in [-0.4, -0.2) is 49.6 Å². The molecule has 1 unspecified atom stereocenters. The van der Waals surface area contributed by atoms with Gasteiger partial charge in [-0.15, -0.1) is 0 Å². The maximum absolute atomic E-state index is 11.0. The van der Waals surface area contributed by atoms with Crippen LogP contribution < -0.4 is 5.32 Å². The maximum atomic E-state index is 11.0. The van der Waals surface area contributed by atoms with Crippen LogP contribution in [0.25, 0.3) is 0 Å². The van der Waals surface area contributed by atoms with Crippen molar-refractivity contribution in [2.75, 3.05) is 0 Å². The predicted octanol–water partition coefficient (Wildman–Crippen LogP) is -0.467. The van der Waals surface area contributed by atoms with Crippen LogP contribution in [0.5, 0.6) is 0 Å². The molecular weight excluding hydrogens is 170 g/mol. The van der Waals surface area contributed by atoms with Gasteiger partial charge in [-0.3, -0.25) is 14.9 Å². The van der Waals surface area contributed by atoms with Gasteiger partial charge in [-0.05, 0) is 6.42 Å². The zero-order valence-corrected chi connectivity index (χ0v) is 6.23. The first-order chi connectivity index (χ1) is 4.58. The van der Waals surface area contributed by atoms with Gasteiger partial charge in [0.25, 0.3) is 0 Å². The van der Waals surface area contributed by atoms with Crippen LogP contribution in [0, 0.1) is 5.41 Å². The normalized spacial score (nSPS) is 29.6. The molecule has 60 valence electrons. The molecule has 0 saturated carbocycles. The third-order valence-electron chi connectivity index (χ3n) is 2.13. The minimum absolute atomic E-state index is 0. The van der Waals surface area contributed by atoms with E-state index in [1.165, 1.54) is 0 Å². The van der Waals surface area contributed by atoms with E-state index in [1.807, 2.05) is 13.8 Å². The van der Waals surface area contributed by atoms with Crippen LogP contribution in [0.4, 0.5) is 0 Å². The Morgan fingerprint density at radius 1 is 1.55 bits per heavy atom. The van der Waals surface area contributed by atoms with Crippen LogP contribution in [0.3, 0.4) is 0 Å². The average Bonchev–Trinajstić information content (AvgIpc) is 2.09. The Hall–Kier alpha value is 0.400. The van der Waals surface area contributed by atoms with Crippen molar-refractivity contribution >= 4 is 49.6 Å². The van der Waals surface area contributed by atoms with Crippen LogP contribution in [0.15, 0.2) is 0 Å². The van der Waals surface area contributed by atoms with E-state index in [4.69, 9.17) is 0 Å². The molecule has 1 N–H and O–H groups in total. The Morgan fingerprint density at radius 3 is 2.27 bits per heavy atom. The predicted molar refractivity (Wildman–Crippen MR) is 44.7 cm³/mol. The summed E-state index contributed by atoms with van der Waals surface area (Å²) in [6.07, 6.45) is 1.08. The molecule has 11 heavy (non-hydrogen) atoms. The van der Waals surface area contributed by atoms with Crippen molar-refractivity contribution in [1.82, 2.24) is 5.32 Å². The molecular formula is C7H13CaNO2. The SMILES string of the molecule is CCC1(C)CC(=O)NC1=O.[CaH2]. The first kappa shape index (κ1) is 11.4. The number of rotatable bonds is 1. The molecule has 0 aliphatic carbocycles. The molecule has 1 aliphatic heterocycles. The number of imide groups is 1. The zero-order valence-electron chi connectivity index (χ0n) is 6.23. The van der Waals surface area contributed by atoms with Crippen molar-refractivity contribution in [3.63, 3.8) is 0 Å². The summed E-state index contributed by atoms with van der Waals surface area (Å²) in [6, 6.07) is 0. The summed E-state index contributed by atoms with van der Waals surface area (Å²) in [7, 11) is 0. The average molecular weight is 183 g/mol. The fourth-order valence-corrected chi connectivity index (χ4v) is 1.04. The summed E-state index contributed by atoms with van der Waals surface area (Å²) < 4.78 is 0. The molecule has 4 heteroatoms. The molecule has 1 fully saturated rings. The topological polar surface area (TPSA) is 46.2 Å². The number of hydrogen-bond donors (Lipinski definition) is 1. The van der Waals surface area contributed by atoms with Gasteiger partial charge < -0.3 is 0 Å². The summed E-state index contributed by atoms with van der Waals surface area (Å²) in [6.45, 7) is 3.73. The Morgan fingerprint density at radius 2 is 2.09 bits per heavy atom. The molecule has 1 heterocycles. The van der Waals surface area contributed by atoms with Crippen LogP contribution in [0.2, 0.25) is 0 Å². The van der Waals surface area contributed by atoms with Gasteiger partial charge in [0, 0.05) is 6.42 Å². The van der Waals surface area contributed by atoms with E-state index in [0.717, 1.165) is 6.42 Å². The molecule has 0 bridgehead atoms. The zero-order chi connectivity index (χ0) is 7.78. The molecule has 0 radical (unpaired) electrons. The third-order valence-corrected chi connectivity index (χ3v) is 2.13. The van der Waals surface area contributed by atoms with Crippen molar-refractivity contribution < 1.29 is 9.59 Å². The van der Waals surface area contributed by atoms with Crippen molar-refractivity contribution in [1.29, 1.82) is 0 Å². The number of nitrogens with one attached hydrogen (secondary N) is 1. The molecule has 1 atom stereocenters. The monoisotopic (exact) mass is 183 g/mol. The van der Waals surface area contributed by atoms with Gasteiger partial charge in [0.1, 0.15) is 0 Å². The van der Waals surface area contributed by atoms with Crippen LogP contribution in [0.1, 0.15) is 26.7 Å². The Kier molecular flexibility index (Phi) is 4.02. The van der Waals surface area contributed by atoms with Crippen molar-refractivity contribution in [3.8, 4) is 0 Å². The van der Waals surface area contributed by atoms with Crippen molar-refractivity contribution in [3.05, 3.63) is 0 Å². The van der Waals surface area contributed by atoms with E-state index >= 15 is 0 Å². The van der Waals surface area contributed by atoms with Crippen LogP contribution >= 0.6 is 0 Å². The number of carbonyl (C=O) groups excluding carboxylic acids is 2. The quantitative estimate of drug-likeness (QED) is 0.441. The van der Waals surface area contributed by atoms with Crippen molar-refractivity contribution in [2.45, 2.75) is 26.7 Å². The summed E-state index contributed by atoms with van der Waals surface area (Å²) in [5, 5.41) is 2.28. The molecule has 1 saturated heterocycles. The van der Waals surface area contributed by atoms with E-state index in [0.29, 0.717) is 6.42 Å². The molecule has 0 spiro atoms. The summed E-state index contributed by atoms with van der Waals surface area (Å²) >= 11 is 0. The Labute approximate surface area is 95.9 Å². The molecule has 0 aromatic carbocycles. The minimum atomic E-state index is -0.433. The summed E-state index contributed by atoms with van der Waals surface area (Å²) in [5.74, 6) is -0.269. The van der Waals surface area contributed by atoms with E-state index < -0.39 is 5.41 Å². The first-order valence-corrected chi connectivity index (χ1v) is 3.43. The van der Waals surface area contributed by atoms with E-state index in [-0.39, 0.29) is 49.6 Å². The standard InChI is InChI=1S/C7H11NO2.Ca.2H/c1-3-7(2)4-5(9)8-6(7)10;;;/h3-4H2,1-2H3,(H,8,9,10);;;. The summed E-state index contributed by atoms with van der Waals surface area (Å²) in [4.78, 5) is 21.7. The third kappa shape index (κ3) is 2.17. The first-order valence-electron chi connectivity index (χ1n) is 3.43. The second kappa shape index (κ2) is 3.87. The van der Waals surface area contributed by atoms with Gasteiger partial charge in [0.05, 0.1) is 5.41 Å². The number of carbonyl (C=O) groups is 2. The van der Waals surface area contributed by atoms with Gasteiger partial charge in [0.2, 0.25) is 11.8 Å². The molecule has 0 aromatic heterocycles. The van der Waals surface area contributed by atoms with Gasteiger partial charge in [-0.2, -0.15) is 0 Å². The number of amides is 2. The fraction of sp³-hybridized carbons (Fsp3) is 0.714. The summed E-state index contributed by atoms with van der Waals surface area (Å²) in [5.41, 5.74) is -0.433. The van der Waals surface area contributed by atoms with Gasteiger partial charge in [0.15, 0.2) is 0 Å². The van der Waals surface area contributed by atoms with E-state index in [1.54, 1.807) is 0 Å². The second-order valence-corrected chi connectivity index (χ2v) is 2.97.